The summed E-state index contributed by atoms with van der Waals surface area (Å²) in [5, 5.41) is 8.75. The van der Waals surface area contributed by atoms with Gasteiger partial charge in [-0.3, -0.25) is 0 Å². The fraction of sp³-hybridized carbons (Fsp3) is 0.0714. The van der Waals surface area contributed by atoms with E-state index >= 15 is 0 Å². The molecule has 0 aromatic heterocycles. The van der Waals surface area contributed by atoms with Crippen LogP contribution in [0.5, 0.6) is 11.5 Å². The molecule has 2 rings (SSSR count). The van der Waals surface area contributed by atoms with Crippen LogP contribution in [0.25, 0.3) is 0 Å². The smallest absolute Gasteiger partial charge is 0.417 e. The molecule has 0 bridgehead atoms. The molecule has 7 heteroatoms. The van der Waals surface area contributed by atoms with Crippen LogP contribution >= 0.6 is 0 Å². The number of para-hydroxylation sites is 1. The van der Waals surface area contributed by atoms with Gasteiger partial charge in [-0.1, -0.05) is 12.1 Å². The number of halogens is 4. The van der Waals surface area contributed by atoms with Gasteiger partial charge >= 0.3 is 12.1 Å². The zero-order valence-corrected chi connectivity index (χ0v) is 10.3. The third-order valence-electron chi connectivity index (χ3n) is 2.59. The molecule has 0 aliphatic carbocycles. The van der Waals surface area contributed by atoms with Crippen LogP contribution in [0.4, 0.5) is 17.6 Å². The van der Waals surface area contributed by atoms with Crippen molar-refractivity contribution < 1.29 is 32.2 Å². The molecule has 0 aliphatic rings. The van der Waals surface area contributed by atoms with E-state index in [0.29, 0.717) is 6.07 Å². The largest absolute Gasteiger partial charge is 0.478 e. The molecule has 21 heavy (non-hydrogen) atoms. The molecule has 0 atom stereocenters. The fourth-order valence-electron chi connectivity index (χ4n) is 1.66. The molecule has 0 fully saturated rings. The molecule has 0 heterocycles. The van der Waals surface area contributed by atoms with Crippen molar-refractivity contribution in [3.8, 4) is 11.5 Å². The van der Waals surface area contributed by atoms with Gasteiger partial charge in [0.15, 0.2) is 11.6 Å². The highest BCUT2D eigenvalue weighted by Gasteiger charge is 2.35. The van der Waals surface area contributed by atoms with Crippen LogP contribution in [0, 0.1) is 5.82 Å². The molecule has 0 spiro atoms. The van der Waals surface area contributed by atoms with Crippen molar-refractivity contribution in [1.82, 2.24) is 0 Å². The first-order valence-corrected chi connectivity index (χ1v) is 5.66. The predicted octanol–water partition coefficient (Wildman–Crippen LogP) is 4.34. The zero-order chi connectivity index (χ0) is 15.6. The fourth-order valence-corrected chi connectivity index (χ4v) is 1.66. The third-order valence-corrected chi connectivity index (χ3v) is 2.59. The Morgan fingerprint density at radius 1 is 1.10 bits per heavy atom. The van der Waals surface area contributed by atoms with Gasteiger partial charge in [-0.05, 0) is 30.3 Å². The second-order valence-electron chi connectivity index (χ2n) is 4.04. The number of hydrogen-bond acceptors (Lipinski definition) is 2. The Labute approximate surface area is 116 Å². The minimum Gasteiger partial charge on any atom is -0.478 e. The molecule has 0 unspecified atom stereocenters. The van der Waals surface area contributed by atoms with Gasteiger partial charge in [-0.25, -0.2) is 9.18 Å². The number of benzene rings is 2. The van der Waals surface area contributed by atoms with Gasteiger partial charge in [-0.15, -0.1) is 0 Å². The second kappa shape index (κ2) is 5.43. The van der Waals surface area contributed by atoms with Crippen LogP contribution in [0.1, 0.15) is 15.9 Å². The Hall–Kier alpha value is -2.57. The van der Waals surface area contributed by atoms with E-state index in [1.165, 1.54) is 18.2 Å². The van der Waals surface area contributed by atoms with E-state index in [0.717, 1.165) is 18.2 Å². The molecular formula is C14H8F4O3. The SMILES string of the molecule is O=C(O)c1ccc(Oc2ccccc2F)cc1C(F)(F)F. The lowest BCUT2D eigenvalue weighted by molar-refractivity contribution is -0.138. The highest BCUT2D eigenvalue weighted by molar-refractivity contribution is 5.89. The number of hydrogen-bond donors (Lipinski definition) is 1. The van der Waals surface area contributed by atoms with Crippen molar-refractivity contribution in [3.05, 3.63) is 59.4 Å². The van der Waals surface area contributed by atoms with E-state index in [1.54, 1.807) is 0 Å². The van der Waals surface area contributed by atoms with Gasteiger partial charge in [0, 0.05) is 0 Å². The van der Waals surface area contributed by atoms with Gasteiger partial charge in [0.1, 0.15) is 5.75 Å². The van der Waals surface area contributed by atoms with Gasteiger partial charge in [0.05, 0.1) is 11.1 Å². The number of aromatic carboxylic acids is 1. The molecule has 3 nitrogen and oxygen atoms in total. The third kappa shape index (κ3) is 3.31. The van der Waals surface area contributed by atoms with Gasteiger partial charge in [-0.2, -0.15) is 13.2 Å². The average Bonchev–Trinajstić information content (AvgIpc) is 2.40. The van der Waals surface area contributed by atoms with E-state index in [4.69, 9.17) is 9.84 Å². The molecule has 0 aliphatic heterocycles. The molecule has 2 aromatic carbocycles. The topological polar surface area (TPSA) is 46.5 Å². The lowest BCUT2D eigenvalue weighted by Gasteiger charge is -2.13. The average molecular weight is 300 g/mol. The van der Waals surface area contributed by atoms with E-state index in [2.05, 4.69) is 0 Å². The molecule has 0 saturated carbocycles. The summed E-state index contributed by atoms with van der Waals surface area (Å²) >= 11 is 0. The summed E-state index contributed by atoms with van der Waals surface area (Å²) in [6.45, 7) is 0. The van der Waals surface area contributed by atoms with E-state index in [-0.39, 0.29) is 11.5 Å². The van der Waals surface area contributed by atoms with Crippen molar-refractivity contribution in [2.75, 3.05) is 0 Å². The van der Waals surface area contributed by atoms with Crippen LogP contribution < -0.4 is 4.74 Å². The first-order chi connectivity index (χ1) is 9.79. The van der Waals surface area contributed by atoms with Crippen LogP contribution in [0.2, 0.25) is 0 Å². The monoisotopic (exact) mass is 300 g/mol. The number of carbonyl (C=O) groups is 1. The summed E-state index contributed by atoms with van der Waals surface area (Å²) in [6.07, 6.45) is -4.86. The number of ether oxygens (including phenoxy) is 1. The summed E-state index contributed by atoms with van der Waals surface area (Å²) in [5.41, 5.74) is -2.26. The molecular weight excluding hydrogens is 292 g/mol. The highest BCUT2D eigenvalue weighted by Crippen LogP contribution is 2.35. The van der Waals surface area contributed by atoms with Gasteiger partial charge < -0.3 is 9.84 Å². The van der Waals surface area contributed by atoms with Gasteiger partial charge in [0.2, 0.25) is 0 Å². The zero-order valence-electron chi connectivity index (χ0n) is 10.3. The van der Waals surface area contributed by atoms with Crippen molar-refractivity contribution >= 4 is 5.97 Å². The van der Waals surface area contributed by atoms with E-state index in [9.17, 15) is 22.4 Å². The van der Waals surface area contributed by atoms with Crippen molar-refractivity contribution in [1.29, 1.82) is 0 Å². The van der Waals surface area contributed by atoms with Crippen molar-refractivity contribution in [2.24, 2.45) is 0 Å². The van der Waals surface area contributed by atoms with E-state index < -0.39 is 29.1 Å². The lowest BCUT2D eigenvalue weighted by atomic mass is 10.1. The predicted molar refractivity (Wildman–Crippen MR) is 64.9 cm³/mol. The second-order valence-corrected chi connectivity index (χ2v) is 4.04. The van der Waals surface area contributed by atoms with E-state index in [1.807, 2.05) is 0 Å². The maximum Gasteiger partial charge on any atom is 0.417 e. The summed E-state index contributed by atoms with van der Waals surface area (Å²) in [7, 11) is 0. The maximum absolute atomic E-state index is 13.4. The first kappa shape index (κ1) is 14.8. The highest BCUT2D eigenvalue weighted by atomic mass is 19.4. The van der Waals surface area contributed by atoms with Crippen LogP contribution in [-0.4, -0.2) is 11.1 Å². The minimum atomic E-state index is -4.86. The normalized spacial score (nSPS) is 11.2. The Morgan fingerprint density at radius 3 is 2.33 bits per heavy atom. The summed E-state index contributed by atoms with van der Waals surface area (Å²) < 4.78 is 56.8. The van der Waals surface area contributed by atoms with Crippen LogP contribution in [-0.2, 0) is 6.18 Å². The summed E-state index contributed by atoms with van der Waals surface area (Å²) in [5.74, 6) is -3.01. The molecule has 0 saturated heterocycles. The molecule has 2 aromatic rings. The summed E-state index contributed by atoms with van der Waals surface area (Å²) in [4.78, 5) is 10.8. The molecule has 1 N–H and O–H groups in total. The standard InChI is InChI=1S/C14H8F4O3/c15-11-3-1-2-4-12(11)21-8-5-6-9(13(19)20)10(7-8)14(16,17)18/h1-7H,(H,19,20). The van der Waals surface area contributed by atoms with Crippen molar-refractivity contribution in [3.63, 3.8) is 0 Å². The molecule has 0 amide bonds. The Morgan fingerprint density at radius 2 is 1.76 bits per heavy atom. The van der Waals surface area contributed by atoms with Crippen molar-refractivity contribution in [2.45, 2.75) is 6.18 Å². The number of carboxylic acid groups (broad SMARTS) is 1. The van der Waals surface area contributed by atoms with Crippen LogP contribution in [0.15, 0.2) is 42.5 Å². The van der Waals surface area contributed by atoms with Gasteiger partial charge in [0.25, 0.3) is 0 Å². The number of alkyl halides is 3. The molecule has 0 radical (unpaired) electrons. The Bertz CT molecular complexity index is 680. The number of carboxylic acids is 1. The minimum absolute atomic E-state index is 0.256. The molecule has 110 valence electrons. The lowest BCUT2D eigenvalue weighted by Crippen LogP contribution is -2.12. The quantitative estimate of drug-likeness (QED) is 0.858. The Kier molecular flexibility index (Phi) is 3.84. The number of rotatable bonds is 3. The summed E-state index contributed by atoms with van der Waals surface area (Å²) in [6, 6.07) is 7.51. The first-order valence-electron chi connectivity index (χ1n) is 5.66. The van der Waals surface area contributed by atoms with Crippen LogP contribution in [0.3, 0.4) is 0 Å². The Balaban J connectivity index is 2.43. The maximum atomic E-state index is 13.4.